The van der Waals surface area contributed by atoms with Crippen LogP contribution in [0.4, 0.5) is 0 Å². The number of carbonyl (C=O) groups excluding carboxylic acids is 1. The predicted octanol–water partition coefficient (Wildman–Crippen LogP) is -2.32. The molecule has 0 heterocycles. The van der Waals surface area contributed by atoms with Gasteiger partial charge in [0, 0.05) is 0 Å². The molecule has 4 atom stereocenters. The number of rotatable bonds is 7. The van der Waals surface area contributed by atoms with Crippen LogP contribution >= 0.6 is 20.5 Å². The second-order valence-corrected chi connectivity index (χ2v) is 4.86. The van der Waals surface area contributed by atoms with Crippen molar-refractivity contribution in [2.75, 3.05) is 6.61 Å². The molecule has 0 saturated carbocycles. The van der Waals surface area contributed by atoms with Gasteiger partial charge in [-0.25, -0.2) is 4.57 Å². The molecule has 10 heteroatoms. The van der Waals surface area contributed by atoms with Crippen LogP contribution in [-0.4, -0.2) is 61.6 Å². The summed E-state index contributed by atoms with van der Waals surface area (Å²) in [6.07, 6.45) is -5.27. The van der Waals surface area contributed by atoms with Gasteiger partial charge < -0.3 is 29.9 Å². The van der Waals surface area contributed by atoms with Gasteiger partial charge in [-0.2, -0.15) is 12.6 Å². The first-order chi connectivity index (χ1) is 7.19. The smallest absolute Gasteiger partial charge is 0.389 e. The van der Waals surface area contributed by atoms with Crippen LogP contribution in [0.5, 0.6) is 0 Å². The van der Waals surface area contributed by atoms with Crippen molar-refractivity contribution in [2.45, 2.75) is 23.6 Å². The van der Waals surface area contributed by atoms with Gasteiger partial charge >= 0.3 is 7.82 Å². The molecule has 0 amide bonds. The predicted molar refractivity (Wildman–Crippen MR) is 54.9 cm³/mol. The lowest BCUT2D eigenvalue weighted by atomic mass is 10.1. The number of aliphatic hydroxyl groups excluding tert-OH is 3. The van der Waals surface area contributed by atoms with Gasteiger partial charge in [0.1, 0.15) is 12.2 Å². The molecule has 0 fully saturated rings. The van der Waals surface area contributed by atoms with Crippen LogP contribution in [0, 0.1) is 0 Å². The molecule has 8 nitrogen and oxygen atoms in total. The molecule has 0 spiro atoms. The Hall–Kier alpha value is 0.0100. The minimum absolute atomic E-state index is 0.0121. The Kier molecular flexibility index (Phi) is 6.68. The molecule has 0 aromatic rings. The van der Waals surface area contributed by atoms with Crippen molar-refractivity contribution < 1.29 is 39.0 Å². The summed E-state index contributed by atoms with van der Waals surface area (Å²) in [6, 6.07) is 0. The van der Waals surface area contributed by atoms with E-state index in [-0.39, 0.29) is 6.29 Å². The van der Waals surface area contributed by atoms with E-state index in [0.717, 1.165) is 0 Å². The van der Waals surface area contributed by atoms with E-state index in [2.05, 4.69) is 17.2 Å². The fourth-order valence-electron chi connectivity index (χ4n) is 0.782. The molecular weight excluding hydrogens is 263 g/mol. The lowest BCUT2D eigenvalue weighted by molar-refractivity contribution is -0.126. The third-order valence-electron chi connectivity index (χ3n) is 1.65. The monoisotopic (exact) mass is 276 g/mol. The van der Waals surface area contributed by atoms with Gasteiger partial charge in [0.15, 0.2) is 6.29 Å². The van der Waals surface area contributed by atoms with Crippen molar-refractivity contribution in [3.05, 3.63) is 0 Å². The van der Waals surface area contributed by atoms with Gasteiger partial charge in [-0.1, -0.05) is 0 Å². The molecule has 0 aliphatic rings. The Balaban J connectivity index is 4.22. The largest absolute Gasteiger partial charge is 0.469 e. The number of carbonyl (C=O) groups is 1. The lowest BCUT2D eigenvalue weighted by Gasteiger charge is -2.24. The quantitative estimate of drug-likeness (QED) is 0.173. The number of thiol groups is 1. The van der Waals surface area contributed by atoms with Gasteiger partial charge in [0.05, 0.1) is 18.0 Å². The number of aldehydes is 1. The Labute approximate surface area is 96.5 Å². The van der Waals surface area contributed by atoms with Crippen LogP contribution in [0.15, 0.2) is 0 Å². The molecule has 0 aliphatic heterocycles. The summed E-state index contributed by atoms with van der Waals surface area (Å²) >= 11 is 3.70. The maximum atomic E-state index is 10.3. The number of hydrogen-bond donors (Lipinski definition) is 6. The molecule has 0 saturated heterocycles. The highest BCUT2D eigenvalue weighted by atomic mass is 32.1. The van der Waals surface area contributed by atoms with E-state index in [0.29, 0.717) is 0 Å². The first kappa shape index (κ1) is 16.0. The Morgan fingerprint density at radius 2 is 1.75 bits per heavy atom. The van der Waals surface area contributed by atoms with Crippen LogP contribution in [-0.2, 0) is 13.9 Å². The molecule has 0 radical (unpaired) electrons. The number of phosphoric ester groups is 1. The maximum Gasteiger partial charge on any atom is 0.469 e. The summed E-state index contributed by atoms with van der Waals surface area (Å²) in [5, 5.41) is 26.2. The van der Waals surface area contributed by atoms with Crippen LogP contribution in [0.25, 0.3) is 0 Å². The fraction of sp³-hybridized carbons (Fsp3) is 0.833. The zero-order chi connectivity index (χ0) is 12.9. The third-order valence-corrected chi connectivity index (χ3v) is 2.59. The first-order valence-electron chi connectivity index (χ1n) is 4.06. The zero-order valence-corrected chi connectivity index (χ0v) is 9.74. The van der Waals surface area contributed by atoms with E-state index >= 15 is 0 Å². The van der Waals surface area contributed by atoms with Crippen molar-refractivity contribution in [3.8, 4) is 0 Å². The molecule has 0 bridgehead atoms. The van der Waals surface area contributed by atoms with Crippen molar-refractivity contribution in [2.24, 2.45) is 0 Å². The minimum Gasteiger partial charge on any atom is -0.389 e. The van der Waals surface area contributed by atoms with E-state index in [4.69, 9.17) is 20.0 Å². The van der Waals surface area contributed by atoms with Crippen molar-refractivity contribution in [3.63, 3.8) is 0 Å². The Morgan fingerprint density at radius 3 is 2.12 bits per heavy atom. The van der Waals surface area contributed by atoms with E-state index in [1.165, 1.54) is 0 Å². The standard InChI is InChI=1S/C6H13O8PS/c7-1-3(8)5(9)6(10)4(16)2-14-15(11,12)13/h1,3-6,8-10,16H,2H2,(H2,11,12,13)/t3-,4-,5+,6+/m0/s1. The first-order valence-corrected chi connectivity index (χ1v) is 6.11. The van der Waals surface area contributed by atoms with Crippen LogP contribution < -0.4 is 0 Å². The molecule has 0 unspecified atom stereocenters. The normalized spacial score (nSPS) is 19.9. The summed E-state index contributed by atoms with van der Waals surface area (Å²) in [4.78, 5) is 26.8. The molecule has 16 heavy (non-hydrogen) atoms. The average Bonchev–Trinajstić information content (AvgIpc) is 2.21. The van der Waals surface area contributed by atoms with E-state index in [9.17, 15) is 14.5 Å². The van der Waals surface area contributed by atoms with Gasteiger partial charge in [0.2, 0.25) is 0 Å². The van der Waals surface area contributed by atoms with Gasteiger partial charge in [-0.15, -0.1) is 0 Å². The molecular formula is C6H13O8PS. The van der Waals surface area contributed by atoms with Crippen LogP contribution in [0.2, 0.25) is 0 Å². The summed E-state index contributed by atoms with van der Waals surface area (Å²) < 4.78 is 14.3. The Bertz CT molecular complexity index is 267. The second-order valence-electron chi connectivity index (χ2n) is 2.96. The van der Waals surface area contributed by atoms with E-state index < -0.39 is 38.0 Å². The van der Waals surface area contributed by atoms with E-state index in [1.807, 2.05) is 0 Å². The van der Waals surface area contributed by atoms with Crippen molar-refractivity contribution >= 4 is 26.7 Å². The third kappa shape index (κ3) is 5.92. The lowest BCUT2D eigenvalue weighted by Crippen LogP contribution is -2.44. The minimum atomic E-state index is -4.69. The van der Waals surface area contributed by atoms with Crippen molar-refractivity contribution in [1.29, 1.82) is 0 Å². The van der Waals surface area contributed by atoms with Gasteiger partial charge in [0.25, 0.3) is 0 Å². The summed E-state index contributed by atoms with van der Waals surface area (Å²) in [6.45, 7) is -0.656. The summed E-state index contributed by atoms with van der Waals surface area (Å²) in [5.74, 6) is 0. The molecule has 96 valence electrons. The highest BCUT2D eigenvalue weighted by Crippen LogP contribution is 2.36. The van der Waals surface area contributed by atoms with Crippen molar-refractivity contribution in [1.82, 2.24) is 0 Å². The highest BCUT2D eigenvalue weighted by Gasteiger charge is 2.30. The molecule has 0 rings (SSSR count). The highest BCUT2D eigenvalue weighted by molar-refractivity contribution is 7.81. The number of aliphatic hydroxyl groups is 3. The second kappa shape index (κ2) is 6.67. The average molecular weight is 276 g/mol. The van der Waals surface area contributed by atoms with Gasteiger partial charge in [-0.3, -0.25) is 4.52 Å². The Morgan fingerprint density at radius 1 is 1.25 bits per heavy atom. The van der Waals surface area contributed by atoms with E-state index in [1.54, 1.807) is 0 Å². The van der Waals surface area contributed by atoms with Crippen LogP contribution in [0.3, 0.4) is 0 Å². The summed E-state index contributed by atoms with van der Waals surface area (Å²) in [5.41, 5.74) is 0. The maximum absolute atomic E-state index is 10.3. The summed E-state index contributed by atoms with van der Waals surface area (Å²) in [7, 11) is -4.69. The number of hydrogen-bond acceptors (Lipinski definition) is 7. The molecule has 5 N–H and O–H groups in total. The van der Waals surface area contributed by atoms with Crippen LogP contribution in [0.1, 0.15) is 0 Å². The SMILES string of the molecule is O=C[C@H](O)[C@@H](O)[C@H](O)[C@@H](S)COP(=O)(O)O. The number of phosphoric acid groups is 1. The van der Waals surface area contributed by atoms with Gasteiger partial charge in [-0.05, 0) is 0 Å². The zero-order valence-electron chi connectivity index (χ0n) is 7.95. The topological polar surface area (TPSA) is 145 Å². The molecule has 0 aromatic heterocycles. The fourth-order valence-corrected chi connectivity index (χ4v) is 1.51. The molecule has 0 aliphatic carbocycles. The molecule has 0 aromatic carbocycles.